The average molecular weight is 286 g/mol. The van der Waals surface area contributed by atoms with Crippen molar-refractivity contribution in [3.8, 4) is 0 Å². The van der Waals surface area contributed by atoms with E-state index in [-0.39, 0.29) is 13.4 Å². The summed E-state index contributed by atoms with van der Waals surface area (Å²) in [5.41, 5.74) is 0. The molecule has 0 spiro atoms. The fourth-order valence-electron chi connectivity index (χ4n) is 2.66. The number of likely N-dealkylation sites (tertiary alicyclic amines) is 1. The second-order valence-corrected chi connectivity index (χ2v) is 6.48. The molecule has 1 aliphatic heterocycles. The number of carbonyl (C=O) groups excluding carboxylic acids is 1. The molecule has 120 valence electrons. The molecule has 1 fully saturated rings. The number of amides is 1. The lowest BCUT2D eigenvalue weighted by Crippen LogP contribution is -2.37. The smallest absolute Gasteiger partial charge is 0.220 e. The highest BCUT2D eigenvalue weighted by Gasteiger charge is 2.21. The van der Waals surface area contributed by atoms with Crippen molar-refractivity contribution in [2.75, 3.05) is 26.2 Å². The van der Waals surface area contributed by atoms with Crippen molar-refractivity contribution >= 4 is 5.91 Å². The second kappa shape index (κ2) is 9.35. The van der Waals surface area contributed by atoms with Crippen molar-refractivity contribution in [2.45, 2.75) is 65.5 Å². The monoisotopic (exact) mass is 286 g/mol. The number of rotatable bonds is 8. The van der Waals surface area contributed by atoms with E-state index < -0.39 is 0 Å². The standard InChI is InChI=1S/C16H32N2O2.H2/c1-13(2)17-16(19)12-15-6-9-18(10-7-15)8-5-11-20-14(3)4;/h13-15H,5-12H2,1-4H3,(H,17,19);1H. The van der Waals surface area contributed by atoms with Crippen LogP contribution in [-0.2, 0) is 9.53 Å². The van der Waals surface area contributed by atoms with E-state index in [2.05, 4.69) is 24.1 Å². The van der Waals surface area contributed by atoms with Gasteiger partial charge < -0.3 is 15.0 Å². The highest BCUT2D eigenvalue weighted by molar-refractivity contribution is 5.76. The maximum Gasteiger partial charge on any atom is 0.220 e. The van der Waals surface area contributed by atoms with Crippen molar-refractivity contribution in [3.63, 3.8) is 0 Å². The zero-order valence-corrected chi connectivity index (χ0v) is 13.7. The molecule has 1 aliphatic rings. The fraction of sp³-hybridized carbons (Fsp3) is 0.938. The van der Waals surface area contributed by atoms with Gasteiger partial charge in [0.2, 0.25) is 5.91 Å². The van der Waals surface area contributed by atoms with Crippen LogP contribution in [-0.4, -0.2) is 49.2 Å². The van der Waals surface area contributed by atoms with Crippen molar-refractivity contribution < 1.29 is 11.0 Å². The summed E-state index contributed by atoms with van der Waals surface area (Å²) in [6, 6.07) is 0.253. The van der Waals surface area contributed by atoms with Crippen molar-refractivity contribution in [2.24, 2.45) is 5.92 Å². The Morgan fingerprint density at radius 1 is 1.30 bits per heavy atom. The van der Waals surface area contributed by atoms with E-state index in [0.29, 0.717) is 18.4 Å². The molecule has 4 nitrogen and oxygen atoms in total. The molecule has 0 aromatic carbocycles. The number of hydrogen-bond acceptors (Lipinski definition) is 3. The molecule has 0 aromatic rings. The van der Waals surface area contributed by atoms with E-state index in [4.69, 9.17) is 4.74 Å². The maximum absolute atomic E-state index is 11.7. The van der Waals surface area contributed by atoms with Gasteiger partial charge in [-0.25, -0.2) is 0 Å². The van der Waals surface area contributed by atoms with E-state index in [1.165, 1.54) is 0 Å². The van der Waals surface area contributed by atoms with Gasteiger partial charge in [-0.05, 0) is 66.0 Å². The summed E-state index contributed by atoms with van der Waals surface area (Å²) >= 11 is 0. The lowest BCUT2D eigenvalue weighted by atomic mass is 9.93. The molecular weight excluding hydrogens is 252 g/mol. The van der Waals surface area contributed by atoms with E-state index in [1.54, 1.807) is 0 Å². The molecule has 0 aliphatic carbocycles. The van der Waals surface area contributed by atoms with Crippen LogP contribution in [0.5, 0.6) is 0 Å². The summed E-state index contributed by atoms with van der Waals surface area (Å²) < 4.78 is 5.56. The largest absolute Gasteiger partial charge is 0.379 e. The van der Waals surface area contributed by atoms with Gasteiger partial charge in [-0.2, -0.15) is 0 Å². The van der Waals surface area contributed by atoms with Gasteiger partial charge in [-0.15, -0.1) is 0 Å². The minimum atomic E-state index is 0. The lowest BCUT2D eigenvalue weighted by Gasteiger charge is -2.31. The lowest BCUT2D eigenvalue weighted by molar-refractivity contribution is -0.122. The topological polar surface area (TPSA) is 41.6 Å². The van der Waals surface area contributed by atoms with E-state index in [1.807, 2.05) is 13.8 Å². The zero-order chi connectivity index (χ0) is 15.0. The molecule has 0 radical (unpaired) electrons. The molecule has 1 rings (SSSR count). The molecule has 1 saturated heterocycles. The van der Waals surface area contributed by atoms with Crippen LogP contribution < -0.4 is 5.32 Å². The Labute approximate surface area is 125 Å². The van der Waals surface area contributed by atoms with Gasteiger partial charge in [-0.3, -0.25) is 4.79 Å². The Morgan fingerprint density at radius 2 is 1.95 bits per heavy atom. The predicted octanol–water partition coefficient (Wildman–Crippen LogP) is 2.67. The molecule has 0 saturated carbocycles. The van der Waals surface area contributed by atoms with Crippen molar-refractivity contribution in [1.29, 1.82) is 0 Å². The third-order valence-corrected chi connectivity index (χ3v) is 3.70. The Morgan fingerprint density at radius 3 is 2.50 bits per heavy atom. The Kier molecular flexibility index (Phi) is 8.15. The van der Waals surface area contributed by atoms with Crippen LogP contribution in [0.1, 0.15) is 54.8 Å². The first-order valence-corrected chi connectivity index (χ1v) is 8.10. The number of hydrogen-bond donors (Lipinski definition) is 1. The van der Waals surface area contributed by atoms with Crippen LogP contribution in [0.2, 0.25) is 0 Å². The second-order valence-electron chi connectivity index (χ2n) is 6.48. The van der Waals surface area contributed by atoms with Crippen LogP contribution >= 0.6 is 0 Å². The van der Waals surface area contributed by atoms with Crippen LogP contribution in [0.25, 0.3) is 0 Å². The minimum absolute atomic E-state index is 0. The van der Waals surface area contributed by atoms with E-state index in [0.717, 1.165) is 45.5 Å². The Balaban J connectivity index is 0.00000400. The Hall–Kier alpha value is -0.610. The van der Waals surface area contributed by atoms with Gasteiger partial charge in [0.25, 0.3) is 0 Å². The molecule has 1 heterocycles. The number of nitrogens with one attached hydrogen (secondary N) is 1. The van der Waals surface area contributed by atoms with Gasteiger partial charge in [0.05, 0.1) is 6.10 Å². The van der Waals surface area contributed by atoms with Crippen molar-refractivity contribution in [3.05, 3.63) is 0 Å². The SMILES string of the molecule is CC(C)NC(=O)CC1CCN(CCCOC(C)C)CC1.[HH]. The quantitative estimate of drug-likeness (QED) is 0.698. The van der Waals surface area contributed by atoms with Gasteiger partial charge in [-0.1, -0.05) is 0 Å². The average Bonchev–Trinajstić information content (AvgIpc) is 2.35. The van der Waals surface area contributed by atoms with Gasteiger partial charge in [0.15, 0.2) is 0 Å². The third kappa shape index (κ3) is 7.85. The molecule has 0 aromatic heterocycles. The molecular formula is C16H34N2O2. The first-order chi connectivity index (χ1) is 9.47. The molecule has 0 bridgehead atoms. The number of nitrogens with zero attached hydrogens (tertiary/aromatic N) is 1. The van der Waals surface area contributed by atoms with Crippen LogP contribution in [0.15, 0.2) is 0 Å². The van der Waals surface area contributed by atoms with Crippen molar-refractivity contribution in [1.82, 2.24) is 10.2 Å². The summed E-state index contributed by atoms with van der Waals surface area (Å²) in [5.74, 6) is 0.778. The summed E-state index contributed by atoms with van der Waals surface area (Å²) in [6.45, 7) is 12.4. The normalized spacial score (nSPS) is 17.9. The predicted molar refractivity (Wildman–Crippen MR) is 84.9 cm³/mol. The number of carbonyl (C=O) groups is 1. The molecule has 0 atom stereocenters. The summed E-state index contributed by atoms with van der Waals surface area (Å²) in [4.78, 5) is 14.2. The van der Waals surface area contributed by atoms with Crippen LogP contribution in [0.3, 0.4) is 0 Å². The van der Waals surface area contributed by atoms with E-state index >= 15 is 0 Å². The van der Waals surface area contributed by atoms with Crippen LogP contribution in [0, 0.1) is 5.92 Å². The first-order valence-electron chi connectivity index (χ1n) is 8.10. The zero-order valence-electron chi connectivity index (χ0n) is 13.7. The molecule has 4 heteroatoms. The van der Waals surface area contributed by atoms with Gasteiger partial charge >= 0.3 is 0 Å². The number of ether oxygens (including phenoxy) is 1. The number of piperidine rings is 1. The molecule has 0 unspecified atom stereocenters. The maximum atomic E-state index is 11.7. The minimum Gasteiger partial charge on any atom is -0.379 e. The first kappa shape index (κ1) is 17.4. The summed E-state index contributed by atoms with van der Waals surface area (Å²) in [7, 11) is 0. The fourth-order valence-corrected chi connectivity index (χ4v) is 2.66. The van der Waals surface area contributed by atoms with E-state index in [9.17, 15) is 4.79 Å². The summed E-state index contributed by atoms with van der Waals surface area (Å²) in [6.07, 6.45) is 4.44. The highest BCUT2D eigenvalue weighted by Crippen LogP contribution is 2.20. The molecule has 20 heavy (non-hydrogen) atoms. The molecule has 1 N–H and O–H groups in total. The van der Waals surface area contributed by atoms with Gasteiger partial charge in [0, 0.05) is 27.0 Å². The van der Waals surface area contributed by atoms with Crippen LogP contribution in [0.4, 0.5) is 0 Å². The Bertz CT molecular complexity index is 277. The third-order valence-electron chi connectivity index (χ3n) is 3.70. The van der Waals surface area contributed by atoms with Gasteiger partial charge in [0.1, 0.15) is 0 Å². The summed E-state index contributed by atoms with van der Waals surface area (Å²) in [5, 5.41) is 2.98. The molecule has 1 amide bonds. The highest BCUT2D eigenvalue weighted by atomic mass is 16.5.